The molecule has 0 atom stereocenters. The van der Waals surface area contributed by atoms with Gasteiger partial charge in [-0.15, -0.1) is 0 Å². The number of benzene rings is 1. The van der Waals surface area contributed by atoms with Gasteiger partial charge in [-0.1, -0.05) is 0 Å². The second kappa shape index (κ2) is 3.08. The van der Waals surface area contributed by atoms with E-state index in [2.05, 4.69) is 0 Å². The van der Waals surface area contributed by atoms with Gasteiger partial charge in [0.1, 0.15) is 0 Å². The topological polar surface area (TPSA) is 83.5 Å². The van der Waals surface area contributed by atoms with Crippen LogP contribution in [0.25, 0.3) is 0 Å². The third kappa shape index (κ3) is 1.63. The first-order chi connectivity index (χ1) is 4.20. The Morgan fingerprint density at radius 3 is 2.20 bits per heavy atom. The highest BCUT2D eigenvalue weighted by atomic mass is 16.0. The molecule has 1 aromatic carbocycles. The maximum absolute atomic E-state index is 5.53. The third-order valence-corrected chi connectivity index (χ3v) is 1.29. The number of nitrogen functional groups attached to an aromatic ring is 2. The van der Waals surface area contributed by atoms with E-state index in [-0.39, 0.29) is 5.48 Å². The molecular weight excluding hydrogens is 128 g/mol. The number of anilines is 2. The first-order valence-corrected chi connectivity index (χ1v) is 2.82. The van der Waals surface area contributed by atoms with E-state index in [1.54, 1.807) is 6.07 Å². The number of hydrogen-bond donors (Lipinski definition) is 2. The molecule has 0 bridgehead atoms. The minimum Gasteiger partial charge on any atom is -0.412 e. The van der Waals surface area contributed by atoms with Crippen molar-refractivity contribution in [3.05, 3.63) is 23.8 Å². The summed E-state index contributed by atoms with van der Waals surface area (Å²) in [5, 5.41) is 0. The predicted molar refractivity (Wildman–Crippen MR) is 43.6 cm³/mol. The van der Waals surface area contributed by atoms with Crippen LogP contribution in [0.2, 0.25) is 0 Å². The van der Waals surface area contributed by atoms with Crippen LogP contribution in [-0.2, 0) is 0 Å². The Hall–Kier alpha value is -1.22. The highest BCUT2D eigenvalue weighted by Crippen LogP contribution is 2.12. The van der Waals surface area contributed by atoms with Gasteiger partial charge in [-0.2, -0.15) is 0 Å². The summed E-state index contributed by atoms with van der Waals surface area (Å²) in [6, 6.07) is 5.46. The first kappa shape index (κ1) is 8.78. The molecule has 0 spiro atoms. The first-order valence-electron chi connectivity index (χ1n) is 2.82. The fraction of sp³-hybridized carbons (Fsp3) is 0.143. The van der Waals surface area contributed by atoms with Crippen molar-refractivity contribution in [3.63, 3.8) is 0 Å². The SMILES string of the molecule is Cc1cc(N)ccc1N.O. The van der Waals surface area contributed by atoms with E-state index in [1.165, 1.54) is 0 Å². The van der Waals surface area contributed by atoms with Gasteiger partial charge in [-0.3, -0.25) is 0 Å². The molecule has 0 aliphatic carbocycles. The number of aryl methyl sites for hydroxylation is 1. The van der Waals surface area contributed by atoms with Gasteiger partial charge in [0.15, 0.2) is 0 Å². The van der Waals surface area contributed by atoms with Crippen LogP contribution in [0.1, 0.15) is 5.56 Å². The minimum atomic E-state index is 0. The van der Waals surface area contributed by atoms with Crippen molar-refractivity contribution in [2.24, 2.45) is 0 Å². The maximum Gasteiger partial charge on any atom is 0.0345 e. The van der Waals surface area contributed by atoms with Crippen molar-refractivity contribution in [1.29, 1.82) is 0 Å². The normalized spacial score (nSPS) is 8.50. The number of hydrogen-bond acceptors (Lipinski definition) is 2. The summed E-state index contributed by atoms with van der Waals surface area (Å²) in [7, 11) is 0. The highest BCUT2D eigenvalue weighted by Gasteiger charge is 1.90. The lowest BCUT2D eigenvalue weighted by Crippen LogP contribution is -1.91. The molecule has 0 aliphatic heterocycles. The summed E-state index contributed by atoms with van der Waals surface area (Å²) in [5.41, 5.74) is 13.6. The van der Waals surface area contributed by atoms with E-state index in [4.69, 9.17) is 11.5 Å². The number of nitrogens with two attached hydrogens (primary N) is 2. The Morgan fingerprint density at radius 1 is 1.20 bits per heavy atom. The van der Waals surface area contributed by atoms with E-state index in [0.29, 0.717) is 0 Å². The Kier molecular flexibility index (Phi) is 2.70. The third-order valence-electron chi connectivity index (χ3n) is 1.29. The second-order valence-electron chi connectivity index (χ2n) is 2.12. The average Bonchev–Trinajstić information content (AvgIpc) is 1.80. The molecule has 56 valence electrons. The standard InChI is InChI=1S/C7H10N2.H2O/c1-5-4-6(8)2-3-7(5)9;/h2-4H,8-9H2,1H3;1H2. The molecule has 3 nitrogen and oxygen atoms in total. The van der Waals surface area contributed by atoms with Crippen LogP contribution in [0.15, 0.2) is 18.2 Å². The average molecular weight is 140 g/mol. The molecule has 0 saturated heterocycles. The minimum absolute atomic E-state index is 0. The summed E-state index contributed by atoms with van der Waals surface area (Å²) in [5.74, 6) is 0. The van der Waals surface area contributed by atoms with Gasteiger partial charge in [0.05, 0.1) is 0 Å². The summed E-state index contributed by atoms with van der Waals surface area (Å²) in [4.78, 5) is 0. The Morgan fingerprint density at radius 2 is 1.80 bits per heavy atom. The molecule has 0 amide bonds. The fourth-order valence-corrected chi connectivity index (χ4v) is 0.699. The molecule has 0 heterocycles. The van der Waals surface area contributed by atoms with Gasteiger partial charge in [0.2, 0.25) is 0 Å². The molecule has 0 radical (unpaired) electrons. The fourth-order valence-electron chi connectivity index (χ4n) is 0.699. The van der Waals surface area contributed by atoms with Gasteiger partial charge in [0.25, 0.3) is 0 Å². The van der Waals surface area contributed by atoms with E-state index >= 15 is 0 Å². The molecular formula is C7H12N2O. The van der Waals surface area contributed by atoms with Crippen LogP contribution in [0.3, 0.4) is 0 Å². The highest BCUT2D eigenvalue weighted by molar-refractivity contribution is 5.54. The molecule has 0 aromatic heterocycles. The lowest BCUT2D eigenvalue weighted by Gasteiger charge is -1.98. The zero-order valence-corrected chi connectivity index (χ0v) is 5.89. The summed E-state index contributed by atoms with van der Waals surface area (Å²) < 4.78 is 0. The molecule has 10 heavy (non-hydrogen) atoms. The second-order valence-corrected chi connectivity index (χ2v) is 2.12. The molecule has 0 aliphatic rings. The van der Waals surface area contributed by atoms with Crippen LogP contribution < -0.4 is 11.5 Å². The molecule has 1 rings (SSSR count). The molecule has 0 fully saturated rings. The summed E-state index contributed by atoms with van der Waals surface area (Å²) in [6.07, 6.45) is 0. The van der Waals surface area contributed by atoms with Gasteiger partial charge in [-0.25, -0.2) is 0 Å². The van der Waals surface area contributed by atoms with Gasteiger partial charge in [0, 0.05) is 11.4 Å². The Labute approximate surface area is 60.0 Å². The lowest BCUT2D eigenvalue weighted by molar-refractivity contribution is 0.824. The molecule has 0 saturated carbocycles. The van der Waals surface area contributed by atoms with Gasteiger partial charge < -0.3 is 16.9 Å². The Bertz CT molecular complexity index is 223. The maximum atomic E-state index is 5.53. The Balaban J connectivity index is 0.000000810. The molecule has 0 unspecified atom stereocenters. The summed E-state index contributed by atoms with van der Waals surface area (Å²) >= 11 is 0. The van der Waals surface area contributed by atoms with Crippen LogP contribution in [0.4, 0.5) is 11.4 Å². The van der Waals surface area contributed by atoms with Crippen molar-refractivity contribution >= 4 is 11.4 Å². The van der Waals surface area contributed by atoms with Crippen LogP contribution in [0.5, 0.6) is 0 Å². The van der Waals surface area contributed by atoms with Crippen molar-refractivity contribution in [2.45, 2.75) is 6.92 Å². The molecule has 1 aromatic rings. The zero-order valence-electron chi connectivity index (χ0n) is 5.89. The van der Waals surface area contributed by atoms with Crippen molar-refractivity contribution in [3.8, 4) is 0 Å². The summed E-state index contributed by atoms with van der Waals surface area (Å²) in [6.45, 7) is 1.94. The smallest absolute Gasteiger partial charge is 0.0345 e. The lowest BCUT2D eigenvalue weighted by atomic mass is 10.2. The van der Waals surface area contributed by atoms with Crippen molar-refractivity contribution in [1.82, 2.24) is 0 Å². The van der Waals surface area contributed by atoms with Crippen LogP contribution in [0, 0.1) is 6.92 Å². The molecule has 6 N–H and O–H groups in total. The monoisotopic (exact) mass is 140 g/mol. The zero-order chi connectivity index (χ0) is 6.85. The van der Waals surface area contributed by atoms with Crippen molar-refractivity contribution in [2.75, 3.05) is 11.5 Å². The van der Waals surface area contributed by atoms with E-state index in [0.717, 1.165) is 16.9 Å². The van der Waals surface area contributed by atoms with Gasteiger partial charge >= 0.3 is 0 Å². The number of rotatable bonds is 0. The predicted octanol–water partition coefficient (Wildman–Crippen LogP) is 0.335. The van der Waals surface area contributed by atoms with Crippen LogP contribution >= 0.6 is 0 Å². The quantitative estimate of drug-likeness (QED) is 0.509. The van der Waals surface area contributed by atoms with E-state index in [1.807, 2.05) is 19.1 Å². The largest absolute Gasteiger partial charge is 0.412 e. The van der Waals surface area contributed by atoms with E-state index in [9.17, 15) is 0 Å². The van der Waals surface area contributed by atoms with Crippen molar-refractivity contribution < 1.29 is 5.48 Å². The van der Waals surface area contributed by atoms with Gasteiger partial charge in [-0.05, 0) is 30.7 Å². The molecule has 3 heteroatoms. The van der Waals surface area contributed by atoms with E-state index < -0.39 is 0 Å². The van der Waals surface area contributed by atoms with Crippen LogP contribution in [-0.4, -0.2) is 5.48 Å².